The average Bonchev–Trinajstić information content (AvgIpc) is 3.04. The molecule has 1 aromatic carbocycles. The number of carbonyl (C=O) groups excluding carboxylic acids is 1. The van der Waals surface area contributed by atoms with E-state index in [1.165, 1.54) is 53.6 Å². The molecule has 10 heteroatoms. The summed E-state index contributed by atoms with van der Waals surface area (Å²) >= 11 is 6.00. The van der Waals surface area contributed by atoms with Gasteiger partial charge in [0, 0.05) is 38.3 Å². The number of benzene rings is 1. The number of halogens is 2. The van der Waals surface area contributed by atoms with E-state index in [0.717, 1.165) is 4.57 Å². The number of nitrogens with zero attached hydrogens (tertiary/aromatic N) is 5. The molecule has 0 aliphatic rings. The van der Waals surface area contributed by atoms with Crippen LogP contribution in [0.2, 0.25) is 5.02 Å². The Kier molecular flexibility index (Phi) is 4.88. The Balaban J connectivity index is 1.90. The largest absolute Gasteiger partial charge is 0.340 e. The van der Waals surface area contributed by atoms with Crippen LogP contribution in [-0.2, 0) is 32.0 Å². The first kappa shape index (κ1) is 18.8. The summed E-state index contributed by atoms with van der Waals surface area (Å²) in [5, 5.41) is 0.228. The minimum Gasteiger partial charge on any atom is -0.340 e. The SMILES string of the molecule is CN(Cc1c(F)cccc1Cl)C(=O)Cn1cnc2c1c(=O)n(C)c(=O)n2C. The van der Waals surface area contributed by atoms with Crippen LogP contribution in [-0.4, -0.2) is 36.5 Å². The molecule has 0 aliphatic heterocycles. The maximum absolute atomic E-state index is 13.9. The van der Waals surface area contributed by atoms with Gasteiger partial charge in [0.1, 0.15) is 12.4 Å². The standard InChI is InChI=1S/C17H17ClFN5O3/c1-21(7-10-11(18)5-4-6-12(10)19)13(25)8-24-9-20-15-14(24)16(26)23(3)17(27)22(15)2/h4-6,9H,7-8H2,1-3H3. The number of aromatic nitrogens is 4. The summed E-state index contributed by atoms with van der Waals surface area (Å²) in [5.41, 5.74) is -0.501. The first-order chi connectivity index (χ1) is 12.7. The van der Waals surface area contributed by atoms with Crippen LogP contribution in [0, 0.1) is 5.82 Å². The van der Waals surface area contributed by atoms with Gasteiger partial charge in [0.2, 0.25) is 5.91 Å². The zero-order chi connectivity index (χ0) is 19.9. The molecule has 2 aromatic heterocycles. The van der Waals surface area contributed by atoms with Gasteiger partial charge < -0.3 is 9.47 Å². The van der Waals surface area contributed by atoms with Gasteiger partial charge in [-0.2, -0.15) is 0 Å². The molecule has 1 amide bonds. The lowest BCUT2D eigenvalue weighted by molar-refractivity contribution is -0.131. The summed E-state index contributed by atoms with van der Waals surface area (Å²) in [4.78, 5) is 42.3. The van der Waals surface area contributed by atoms with Crippen LogP contribution >= 0.6 is 11.6 Å². The number of likely N-dealkylation sites (N-methyl/N-ethyl adjacent to an activating group) is 1. The Morgan fingerprint density at radius 3 is 2.63 bits per heavy atom. The number of aryl methyl sites for hydroxylation is 1. The van der Waals surface area contributed by atoms with Crippen LogP contribution in [0.4, 0.5) is 4.39 Å². The van der Waals surface area contributed by atoms with Gasteiger partial charge in [-0.25, -0.2) is 14.2 Å². The highest BCUT2D eigenvalue weighted by Gasteiger charge is 2.19. The average molecular weight is 394 g/mol. The van der Waals surface area contributed by atoms with Gasteiger partial charge >= 0.3 is 5.69 Å². The molecular weight excluding hydrogens is 377 g/mol. The lowest BCUT2D eigenvalue weighted by Crippen LogP contribution is -2.38. The summed E-state index contributed by atoms with van der Waals surface area (Å²) in [5.74, 6) is -0.872. The molecule has 0 saturated heterocycles. The number of imidazole rings is 1. The fraction of sp³-hybridized carbons (Fsp3) is 0.294. The highest BCUT2D eigenvalue weighted by atomic mass is 35.5. The summed E-state index contributed by atoms with van der Waals surface area (Å²) in [6.45, 7) is -0.208. The van der Waals surface area contributed by atoms with E-state index in [4.69, 9.17) is 11.6 Å². The van der Waals surface area contributed by atoms with Gasteiger partial charge in [0.05, 0.1) is 6.33 Å². The van der Waals surface area contributed by atoms with Gasteiger partial charge in [0.25, 0.3) is 5.56 Å². The molecule has 0 unspecified atom stereocenters. The van der Waals surface area contributed by atoms with Crippen molar-refractivity contribution in [3.05, 3.63) is 61.8 Å². The van der Waals surface area contributed by atoms with Crippen molar-refractivity contribution < 1.29 is 9.18 Å². The topological polar surface area (TPSA) is 82.1 Å². The molecule has 2 heterocycles. The van der Waals surface area contributed by atoms with E-state index in [-0.39, 0.29) is 40.7 Å². The Labute approximate surface area is 158 Å². The van der Waals surface area contributed by atoms with Gasteiger partial charge in [-0.15, -0.1) is 0 Å². The first-order valence-electron chi connectivity index (χ1n) is 8.00. The molecule has 0 saturated carbocycles. The van der Waals surface area contributed by atoms with Crippen molar-refractivity contribution in [2.24, 2.45) is 14.1 Å². The highest BCUT2D eigenvalue weighted by molar-refractivity contribution is 6.31. The molecular formula is C17H17ClFN5O3. The fourth-order valence-corrected chi connectivity index (χ4v) is 3.01. The minimum atomic E-state index is -0.543. The zero-order valence-electron chi connectivity index (χ0n) is 14.9. The molecule has 142 valence electrons. The van der Waals surface area contributed by atoms with Gasteiger partial charge in [-0.3, -0.25) is 18.7 Å². The van der Waals surface area contributed by atoms with Crippen molar-refractivity contribution in [3.8, 4) is 0 Å². The third kappa shape index (κ3) is 3.25. The first-order valence-corrected chi connectivity index (χ1v) is 8.38. The highest BCUT2D eigenvalue weighted by Crippen LogP contribution is 2.20. The molecule has 0 radical (unpaired) electrons. The van der Waals surface area contributed by atoms with Crippen molar-refractivity contribution in [1.29, 1.82) is 0 Å². The van der Waals surface area contributed by atoms with E-state index in [0.29, 0.717) is 0 Å². The van der Waals surface area contributed by atoms with Crippen LogP contribution in [0.5, 0.6) is 0 Å². The zero-order valence-corrected chi connectivity index (χ0v) is 15.7. The molecule has 0 atom stereocenters. The quantitative estimate of drug-likeness (QED) is 0.659. The maximum Gasteiger partial charge on any atom is 0.332 e. The Hall–Kier alpha value is -2.94. The second-order valence-corrected chi connectivity index (χ2v) is 6.61. The number of hydrogen-bond acceptors (Lipinski definition) is 4. The summed E-state index contributed by atoms with van der Waals surface area (Å²) < 4.78 is 17.5. The van der Waals surface area contributed by atoms with Crippen molar-refractivity contribution in [1.82, 2.24) is 23.6 Å². The number of rotatable bonds is 4. The Morgan fingerprint density at radius 1 is 1.26 bits per heavy atom. The van der Waals surface area contributed by atoms with Crippen molar-refractivity contribution in [2.45, 2.75) is 13.1 Å². The van der Waals surface area contributed by atoms with Crippen LogP contribution in [0.15, 0.2) is 34.1 Å². The van der Waals surface area contributed by atoms with Crippen LogP contribution in [0.1, 0.15) is 5.56 Å². The van der Waals surface area contributed by atoms with Crippen molar-refractivity contribution in [2.75, 3.05) is 7.05 Å². The van der Waals surface area contributed by atoms with Gasteiger partial charge in [-0.05, 0) is 12.1 Å². The Morgan fingerprint density at radius 2 is 1.96 bits per heavy atom. The van der Waals surface area contributed by atoms with Gasteiger partial charge in [-0.1, -0.05) is 17.7 Å². The number of fused-ring (bicyclic) bond motifs is 1. The molecule has 0 aliphatic carbocycles. The van der Waals surface area contributed by atoms with E-state index in [2.05, 4.69) is 4.98 Å². The third-order valence-corrected chi connectivity index (χ3v) is 4.76. The number of carbonyl (C=O) groups is 1. The van der Waals surface area contributed by atoms with Crippen LogP contribution in [0.25, 0.3) is 11.2 Å². The molecule has 3 aromatic rings. The van der Waals surface area contributed by atoms with Gasteiger partial charge in [0.15, 0.2) is 11.2 Å². The summed E-state index contributed by atoms with van der Waals surface area (Å²) in [6, 6.07) is 4.31. The molecule has 0 spiro atoms. The molecule has 3 rings (SSSR count). The van der Waals surface area contributed by atoms with E-state index >= 15 is 0 Å². The minimum absolute atomic E-state index is 0.0204. The van der Waals surface area contributed by atoms with E-state index < -0.39 is 17.1 Å². The molecule has 0 N–H and O–H groups in total. The smallest absolute Gasteiger partial charge is 0.332 e. The lowest BCUT2D eigenvalue weighted by Gasteiger charge is -2.19. The second kappa shape index (κ2) is 6.99. The second-order valence-electron chi connectivity index (χ2n) is 6.20. The molecule has 0 fully saturated rings. The van der Waals surface area contributed by atoms with Crippen molar-refractivity contribution in [3.63, 3.8) is 0 Å². The summed E-state index contributed by atoms with van der Waals surface area (Å²) in [7, 11) is 4.36. The van der Waals surface area contributed by atoms with Crippen LogP contribution < -0.4 is 11.2 Å². The number of hydrogen-bond donors (Lipinski definition) is 0. The molecule has 8 nitrogen and oxygen atoms in total. The van der Waals surface area contributed by atoms with E-state index in [9.17, 15) is 18.8 Å². The maximum atomic E-state index is 13.9. The summed E-state index contributed by atoms with van der Waals surface area (Å²) in [6.07, 6.45) is 1.33. The monoisotopic (exact) mass is 393 g/mol. The van der Waals surface area contributed by atoms with E-state index in [1.807, 2.05) is 0 Å². The normalized spacial score (nSPS) is 11.1. The van der Waals surface area contributed by atoms with Crippen LogP contribution in [0.3, 0.4) is 0 Å². The predicted molar refractivity (Wildman–Crippen MR) is 98.1 cm³/mol. The van der Waals surface area contributed by atoms with Crippen molar-refractivity contribution >= 4 is 28.7 Å². The Bertz CT molecular complexity index is 1140. The lowest BCUT2D eigenvalue weighted by atomic mass is 10.2. The van der Waals surface area contributed by atoms with E-state index in [1.54, 1.807) is 6.07 Å². The third-order valence-electron chi connectivity index (χ3n) is 4.41. The fourth-order valence-electron chi connectivity index (χ4n) is 2.79. The molecule has 27 heavy (non-hydrogen) atoms. The number of amides is 1. The molecule has 0 bridgehead atoms. The predicted octanol–water partition coefficient (Wildman–Crippen LogP) is 0.885.